The normalized spacial score (nSPS) is 32.4. The standard InChI is InChI=1S/C16H20O4S/c1-10-11(2)16(21-3)19-13(9-17)14(10)20-15(18)12-7-5-4-6-8-12/h4-11,13-14,16H,1-3H3/t10-,11+,13+,14?,16?/m0/s1. The van der Waals surface area contributed by atoms with Gasteiger partial charge in [0, 0.05) is 5.92 Å². The predicted molar refractivity (Wildman–Crippen MR) is 82.2 cm³/mol. The molecule has 0 saturated carbocycles. The topological polar surface area (TPSA) is 52.6 Å². The van der Waals surface area contributed by atoms with Crippen LogP contribution in [0.3, 0.4) is 0 Å². The van der Waals surface area contributed by atoms with Gasteiger partial charge >= 0.3 is 5.97 Å². The molecule has 2 unspecified atom stereocenters. The molecule has 21 heavy (non-hydrogen) atoms. The predicted octanol–water partition coefficient (Wildman–Crippen LogP) is 2.77. The molecule has 0 spiro atoms. The van der Waals surface area contributed by atoms with Crippen molar-refractivity contribution in [3.63, 3.8) is 0 Å². The third-order valence-corrected chi connectivity index (χ3v) is 5.02. The Kier molecular flexibility index (Phi) is 5.42. The van der Waals surface area contributed by atoms with Crippen molar-refractivity contribution in [3.8, 4) is 0 Å². The number of hydrogen-bond acceptors (Lipinski definition) is 5. The van der Waals surface area contributed by atoms with E-state index in [1.165, 1.54) is 0 Å². The maximum Gasteiger partial charge on any atom is 0.338 e. The Labute approximate surface area is 129 Å². The first-order chi connectivity index (χ1) is 10.1. The number of thioether (sulfide) groups is 1. The molecular weight excluding hydrogens is 288 g/mol. The lowest BCUT2D eigenvalue weighted by atomic mass is 9.86. The van der Waals surface area contributed by atoms with Crippen molar-refractivity contribution in [2.45, 2.75) is 31.5 Å². The minimum atomic E-state index is -0.707. The van der Waals surface area contributed by atoms with Gasteiger partial charge in [0.1, 0.15) is 11.5 Å². The average Bonchev–Trinajstić information content (AvgIpc) is 2.53. The molecule has 1 heterocycles. The Morgan fingerprint density at radius 3 is 2.48 bits per heavy atom. The number of hydrogen-bond donors (Lipinski definition) is 0. The maximum absolute atomic E-state index is 12.2. The second-order valence-electron chi connectivity index (χ2n) is 5.30. The van der Waals surface area contributed by atoms with Crippen LogP contribution in [-0.4, -0.2) is 36.2 Å². The quantitative estimate of drug-likeness (QED) is 0.632. The van der Waals surface area contributed by atoms with Crippen LogP contribution >= 0.6 is 11.8 Å². The highest BCUT2D eigenvalue weighted by Crippen LogP contribution is 2.36. The van der Waals surface area contributed by atoms with Crippen molar-refractivity contribution in [2.75, 3.05) is 6.26 Å². The van der Waals surface area contributed by atoms with Gasteiger partial charge in [-0.05, 0) is 24.3 Å². The fourth-order valence-electron chi connectivity index (χ4n) is 2.52. The Balaban J connectivity index is 2.13. The second kappa shape index (κ2) is 7.09. The minimum Gasteiger partial charge on any atom is -0.455 e. The Hall–Kier alpha value is -1.33. The van der Waals surface area contributed by atoms with Gasteiger partial charge in [-0.25, -0.2) is 4.79 Å². The number of esters is 1. The summed E-state index contributed by atoms with van der Waals surface area (Å²) in [5.41, 5.74) is 0.427. The van der Waals surface area contributed by atoms with Gasteiger partial charge < -0.3 is 14.3 Å². The van der Waals surface area contributed by atoms with Gasteiger partial charge in [-0.3, -0.25) is 0 Å². The van der Waals surface area contributed by atoms with Gasteiger partial charge in [0.2, 0.25) is 0 Å². The van der Waals surface area contributed by atoms with Crippen molar-refractivity contribution in [3.05, 3.63) is 35.9 Å². The van der Waals surface area contributed by atoms with E-state index in [0.717, 1.165) is 6.29 Å². The number of carbonyl (C=O) groups is 2. The fraction of sp³-hybridized carbons (Fsp3) is 0.500. The van der Waals surface area contributed by atoms with Crippen LogP contribution in [0.15, 0.2) is 30.3 Å². The van der Waals surface area contributed by atoms with Crippen molar-refractivity contribution in [1.82, 2.24) is 0 Å². The molecule has 5 atom stereocenters. The molecule has 0 aromatic heterocycles. The Morgan fingerprint density at radius 1 is 1.24 bits per heavy atom. The molecule has 1 aromatic carbocycles. The molecular formula is C16H20O4S. The lowest BCUT2D eigenvalue weighted by molar-refractivity contribution is -0.153. The molecule has 5 heteroatoms. The molecule has 0 amide bonds. The summed E-state index contributed by atoms with van der Waals surface area (Å²) in [6.45, 7) is 4.05. The number of carbonyl (C=O) groups excluding carboxylic acids is 2. The lowest BCUT2D eigenvalue weighted by Gasteiger charge is -2.41. The van der Waals surface area contributed by atoms with Crippen LogP contribution in [0.25, 0.3) is 0 Å². The van der Waals surface area contributed by atoms with Gasteiger partial charge in [-0.1, -0.05) is 32.0 Å². The molecule has 4 nitrogen and oxygen atoms in total. The molecule has 0 bridgehead atoms. The summed E-state index contributed by atoms with van der Waals surface area (Å²) in [4.78, 5) is 23.5. The molecule has 114 valence electrons. The van der Waals surface area contributed by atoms with E-state index >= 15 is 0 Å². The van der Waals surface area contributed by atoms with E-state index in [4.69, 9.17) is 9.47 Å². The number of ether oxygens (including phenoxy) is 2. The van der Waals surface area contributed by atoms with Crippen LogP contribution in [0.5, 0.6) is 0 Å². The number of aldehydes is 1. The van der Waals surface area contributed by atoms with Crippen molar-refractivity contribution in [1.29, 1.82) is 0 Å². The van der Waals surface area contributed by atoms with Gasteiger partial charge in [-0.2, -0.15) is 0 Å². The largest absolute Gasteiger partial charge is 0.455 e. The summed E-state index contributed by atoms with van der Waals surface area (Å²) in [6.07, 6.45) is 1.43. The monoisotopic (exact) mass is 308 g/mol. The average molecular weight is 308 g/mol. The van der Waals surface area contributed by atoms with Crippen LogP contribution < -0.4 is 0 Å². The van der Waals surface area contributed by atoms with Crippen LogP contribution in [0, 0.1) is 11.8 Å². The molecule has 0 N–H and O–H groups in total. The summed E-state index contributed by atoms with van der Waals surface area (Å²) in [6, 6.07) is 8.78. The summed E-state index contributed by atoms with van der Waals surface area (Å²) in [5, 5.41) is 0. The zero-order valence-electron chi connectivity index (χ0n) is 12.4. The van der Waals surface area contributed by atoms with Crippen LogP contribution in [0.1, 0.15) is 24.2 Å². The van der Waals surface area contributed by atoms with E-state index in [-0.39, 0.29) is 17.3 Å². The molecule has 0 radical (unpaired) electrons. The van der Waals surface area contributed by atoms with E-state index in [1.807, 2.05) is 19.2 Å². The smallest absolute Gasteiger partial charge is 0.338 e. The van der Waals surface area contributed by atoms with Gasteiger partial charge in [0.05, 0.1) is 5.56 Å². The maximum atomic E-state index is 12.2. The highest BCUT2D eigenvalue weighted by atomic mass is 32.2. The first-order valence-electron chi connectivity index (χ1n) is 6.98. The van der Waals surface area contributed by atoms with Crippen molar-refractivity contribution in [2.24, 2.45) is 11.8 Å². The molecule has 1 saturated heterocycles. The van der Waals surface area contributed by atoms with Crippen molar-refractivity contribution < 1.29 is 19.1 Å². The third-order valence-electron chi connectivity index (χ3n) is 4.01. The number of benzene rings is 1. The summed E-state index contributed by atoms with van der Waals surface area (Å²) < 4.78 is 11.3. The van der Waals surface area contributed by atoms with E-state index in [0.29, 0.717) is 5.56 Å². The molecule has 1 aliphatic heterocycles. The van der Waals surface area contributed by atoms with E-state index in [9.17, 15) is 9.59 Å². The molecule has 0 aliphatic carbocycles. The van der Waals surface area contributed by atoms with E-state index < -0.39 is 18.2 Å². The van der Waals surface area contributed by atoms with Gasteiger partial charge in [0.15, 0.2) is 12.4 Å². The Bertz CT molecular complexity index is 490. The third kappa shape index (κ3) is 3.47. The molecule has 1 aliphatic rings. The van der Waals surface area contributed by atoms with Crippen LogP contribution in [0.4, 0.5) is 0 Å². The highest BCUT2D eigenvalue weighted by Gasteiger charge is 2.43. The summed E-state index contributed by atoms with van der Waals surface area (Å²) >= 11 is 1.57. The zero-order chi connectivity index (χ0) is 15.4. The first kappa shape index (κ1) is 16.0. The SMILES string of the molecule is CSC1O[C@H](C=O)C(OC(=O)c2ccccc2)[C@@H](C)[C@H]1C. The van der Waals surface area contributed by atoms with Crippen LogP contribution in [0.2, 0.25) is 0 Å². The number of rotatable bonds is 4. The summed E-state index contributed by atoms with van der Waals surface area (Å²) in [7, 11) is 0. The zero-order valence-corrected chi connectivity index (χ0v) is 13.2. The van der Waals surface area contributed by atoms with Crippen molar-refractivity contribution >= 4 is 24.0 Å². The lowest BCUT2D eigenvalue weighted by Crippen LogP contribution is -2.50. The molecule has 1 fully saturated rings. The first-order valence-corrected chi connectivity index (χ1v) is 8.26. The summed E-state index contributed by atoms with van der Waals surface area (Å²) in [5.74, 6) is -0.165. The fourth-order valence-corrected chi connectivity index (χ4v) is 3.44. The Morgan fingerprint density at radius 2 is 1.90 bits per heavy atom. The van der Waals surface area contributed by atoms with Gasteiger partial charge in [-0.15, -0.1) is 11.8 Å². The minimum absolute atomic E-state index is 0.0538. The molecule has 2 rings (SSSR count). The second-order valence-corrected chi connectivity index (χ2v) is 6.23. The highest BCUT2D eigenvalue weighted by molar-refractivity contribution is 7.99. The van der Waals surface area contributed by atoms with E-state index in [2.05, 4.69) is 6.92 Å². The van der Waals surface area contributed by atoms with Gasteiger partial charge in [0.25, 0.3) is 0 Å². The molecule has 1 aromatic rings. The van der Waals surface area contributed by atoms with Crippen LogP contribution in [-0.2, 0) is 14.3 Å². The van der Waals surface area contributed by atoms with E-state index in [1.54, 1.807) is 36.0 Å².